The zero-order valence-corrected chi connectivity index (χ0v) is 13.2. The molecule has 0 bridgehead atoms. The Morgan fingerprint density at radius 1 is 1.38 bits per heavy atom. The second kappa shape index (κ2) is 8.00. The second-order valence-corrected chi connectivity index (χ2v) is 5.52. The van der Waals surface area contributed by atoms with E-state index < -0.39 is 6.10 Å². The quantitative estimate of drug-likeness (QED) is 0.716. The van der Waals surface area contributed by atoms with Crippen LogP contribution in [0.5, 0.6) is 11.5 Å². The van der Waals surface area contributed by atoms with Crippen LogP contribution in [-0.2, 0) is 6.42 Å². The van der Waals surface area contributed by atoms with Crippen molar-refractivity contribution in [3.63, 3.8) is 0 Å². The third-order valence-corrected chi connectivity index (χ3v) is 2.96. The monoisotopic (exact) mass is 295 g/mol. The molecule has 2 N–H and O–H groups in total. The van der Waals surface area contributed by atoms with Crippen molar-refractivity contribution in [2.75, 3.05) is 27.2 Å². The van der Waals surface area contributed by atoms with Gasteiger partial charge in [-0.3, -0.25) is 4.79 Å². The fraction of sp³-hybridized carbons (Fsp3) is 0.562. The van der Waals surface area contributed by atoms with Crippen molar-refractivity contribution >= 4 is 5.78 Å². The number of carbonyl (C=O) groups excluding carboxylic acids is 1. The van der Waals surface area contributed by atoms with Crippen LogP contribution in [0.2, 0.25) is 0 Å². The summed E-state index contributed by atoms with van der Waals surface area (Å²) in [4.78, 5) is 14.1. The van der Waals surface area contributed by atoms with Crippen molar-refractivity contribution in [2.45, 2.75) is 32.8 Å². The molecule has 1 aromatic carbocycles. The second-order valence-electron chi connectivity index (χ2n) is 5.52. The first-order valence-corrected chi connectivity index (χ1v) is 7.20. The average Bonchev–Trinajstić information content (AvgIpc) is 2.38. The molecule has 0 saturated carbocycles. The van der Waals surface area contributed by atoms with E-state index in [-0.39, 0.29) is 30.2 Å². The zero-order valence-electron chi connectivity index (χ0n) is 13.2. The lowest BCUT2D eigenvalue weighted by molar-refractivity contribution is 0.0938. The Bertz CT molecular complexity index is 483. The highest BCUT2D eigenvalue weighted by atomic mass is 16.5. The number of carbonyl (C=O) groups is 1. The van der Waals surface area contributed by atoms with E-state index in [9.17, 15) is 15.0 Å². The zero-order chi connectivity index (χ0) is 16.0. The first kappa shape index (κ1) is 17.5. The summed E-state index contributed by atoms with van der Waals surface area (Å²) in [5.41, 5.74) is 0.944. The van der Waals surface area contributed by atoms with E-state index >= 15 is 0 Å². The Morgan fingerprint density at radius 2 is 2.05 bits per heavy atom. The van der Waals surface area contributed by atoms with Gasteiger partial charge in [-0.15, -0.1) is 0 Å². The van der Waals surface area contributed by atoms with Crippen LogP contribution in [0.3, 0.4) is 0 Å². The van der Waals surface area contributed by atoms with Crippen molar-refractivity contribution in [2.24, 2.45) is 0 Å². The number of aromatic hydroxyl groups is 1. The van der Waals surface area contributed by atoms with Crippen LogP contribution < -0.4 is 4.74 Å². The Hall–Kier alpha value is -1.59. The molecular formula is C16H25NO4. The summed E-state index contributed by atoms with van der Waals surface area (Å²) >= 11 is 0. The molecule has 0 spiro atoms. The van der Waals surface area contributed by atoms with Gasteiger partial charge in [0.05, 0.1) is 12.6 Å². The van der Waals surface area contributed by atoms with E-state index in [1.165, 1.54) is 0 Å². The third kappa shape index (κ3) is 5.02. The summed E-state index contributed by atoms with van der Waals surface area (Å²) in [5, 5.41) is 19.7. The summed E-state index contributed by atoms with van der Waals surface area (Å²) in [7, 11) is 3.59. The maximum Gasteiger partial charge on any atom is 0.184 e. The number of ketones is 1. The number of aliphatic hydroxyl groups excluding tert-OH is 1. The average molecular weight is 295 g/mol. The highest BCUT2D eigenvalue weighted by molar-refractivity contribution is 6.02. The van der Waals surface area contributed by atoms with Crippen LogP contribution in [-0.4, -0.2) is 54.2 Å². The minimum atomic E-state index is -0.640. The molecule has 0 aliphatic carbocycles. The van der Waals surface area contributed by atoms with Crippen molar-refractivity contribution in [3.8, 4) is 11.5 Å². The summed E-state index contributed by atoms with van der Waals surface area (Å²) in [6, 6.07) is 3.46. The predicted octanol–water partition coefficient (Wildman–Crippen LogP) is 1.85. The van der Waals surface area contributed by atoms with Crippen LogP contribution in [0.15, 0.2) is 12.1 Å². The van der Waals surface area contributed by atoms with Gasteiger partial charge in [-0.1, -0.05) is 19.4 Å². The van der Waals surface area contributed by atoms with Gasteiger partial charge in [-0.05, 0) is 39.1 Å². The van der Waals surface area contributed by atoms with E-state index in [2.05, 4.69) is 0 Å². The number of aliphatic hydroxyl groups is 1. The van der Waals surface area contributed by atoms with Crippen molar-refractivity contribution in [1.82, 2.24) is 4.90 Å². The van der Waals surface area contributed by atoms with Crippen LogP contribution in [0.1, 0.15) is 36.2 Å². The summed E-state index contributed by atoms with van der Waals surface area (Å²) in [6.45, 7) is 3.88. The molecular weight excluding hydrogens is 270 g/mol. The van der Waals surface area contributed by atoms with Gasteiger partial charge in [0.1, 0.15) is 23.7 Å². The fourth-order valence-electron chi connectivity index (χ4n) is 2.05. The first-order valence-electron chi connectivity index (χ1n) is 7.20. The Labute approximate surface area is 126 Å². The van der Waals surface area contributed by atoms with Crippen LogP contribution in [0.4, 0.5) is 0 Å². The van der Waals surface area contributed by atoms with Gasteiger partial charge in [-0.2, -0.15) is 0 Å². The molecule has 0 amide bonds. The SMILES string of the molecule is CCCc1ccc(OCC(C)O)c(C(=O)CN(C)C)c1O. The Kier molecular flexibility index (Phi) is 6.65. The van der Waals surface area contributed by atoms with E-state index in [4.69, 9.17) is 4.74 Å². The first-order chi connectivity index (χ1) is 9.86. The number of phenols is 1. The summed E-state index contributed by atoms with van der Waals surface area (Å²) in [5.74, 6) is 0.114. The summed E-state index contributed by atoms with van der Waals surface area (Å²) in [6.07, 6.45) is 0.937. The van der Waals surface area contributed by atoms with Gasteiger partial charge < -0.3 is 19.8 Å². The summed E-state index contributed by atoms with van der Waals surface area (Å²) < 4.78 is 5.47. The topological polar surface area (TPSA) is 70.0 Å². The van der Waals surface area contributed by atoms with Crippen molar-refractivity contribution in [1.29, 1.82) is 0 Å². The molecule has 21 heavy (non-hydrogen) atoms. The molecule has 0 fully saturated rings. The molecule has 1 rings (SSSR count). The molecule has 0 aliphatic heterocycles. The smallest absolute Gasteiger partial charge is 0.184 e. The molecule has 1 aromatic rings. The van der Waals surface area contributed by atoms with E-state index in [0.717, 1.165) is 12.0 Å². The Morgan fingerprint density at radius 3 is 2.57 bits per heavy atom. The van der Waals surface area contributed by atoms with Gasteiger partial charge in [-0.25, -0.2) is 0 Å². The van der Waals surface area contributed by atoms with Crippen molar-refractivity contribution < 1.29 is 19.7 Å². The Balaban J connectivity index is 3.17. The standard InChI is InChI=1S/C16H25NO4/c1-5-6-12-7-8-14(21-10-11(2)18)15(16(12)20)13(19)9-17(3)4/h7-8,11,18,20H,5-6,9-10H2,1-4H3. The molecule has 118 valence electrons. The fourth-order valence-corrected chi connectivity index (χ4v) is 2.05. The minimum absolute atomic E-state index is 0.00760. The normalized spacial score (nSPS) is 12.5. The number of phenolic OH excluding ortho intramolecular Hbond substituents is 1. The number of Topliss-reactive ketones (excluding diaryl/α,β-unsaturated/α-hetero) is 1. The minimum Gasteiger partial charge on any atom is -0.507 e. The maximum absolute atomic E-state index is 12.4. The number of hydrogen-bond donors (Lipinski definition) is 2. The number of likely N-dealkylation sites (N-methyl/N-ethyl adjacent to an activating group) is 1. The van der Waals surface area contributed by atoms with Gasteiger partial charge >= 0.3 is 0 Å². The highest BCUT2D eigenvalue weighted by Gasteiger charge is 2.21. The molecule has 5 nitrogen and oxygen atoms in total. The molecule has 1 atom stereocenters. The van der Waals surface area contributed by atoms with Crippen molar-refractivity contribution in [3.05, 3.63) is 23.3 Å². The van der Waals surface area contributed by atoms with Gasteiger partial charge in [0.25, 0.3) is 0 Å². The van der Waals surface area contributed by atoms with Crippen LogP contribution in [0.25, 0.3) is 0 Å². The van der Waals surface area contributed by atoms with Gasteiger partial charge in [0, 0.05) is 0 Å². The number of aryl methyl sites for hydroxylation is 1. The van der Waals surface area contributed by atoms with E-state index in [0.29, 0.717) is 12.2 Å². The lowest BCUT2D eigenvalue weighted by atomic mass is 10.0. The molecule has 1 unspecified atom stereocenters. The van der Waals surface area contributed by atoms with Gasteiger partial charge in [0.15, 0.2) is 5.78 Å². The van der Waals surface area contributed by atoms with Gasteiger partial charge in [0.2, 0.25) is 0 Å². The number of benzene rings is 1. The lowest BCUT2D eigenvalue weighted by Crippen LogP contribution is -2.23. The molecule has 0 heterocycles. The van der Waals surface area contributed by atoms with Crippen LogP contribution >= 0.6 is 0 Å². The molecule has 0 radical (unpaired) electrons. The van der Waals surface area contributed by atoms with Crippen LogP contribution in [0, 0.1) is 0 Å². The largest absolute Gasteiger partial charge is 0.507 e. The van der Waals surface area contributed by atoms with E-state index in [1.54, 1.807) is 38.1 Å². The molecule has 0 aromatic heterocycles. The maximum atomic E-state index is 12.4. The molecule has 0 aliphatic rings. The predicted molar refractivity (Wildman–Crippen MR) is 82.2 cm³/mol. The third-order valence-electron chi connectivity index (χ3n) is 2.96. The molecule has 0 saturated heterocycles. The van der Waals surface area contributed by atoms with E-state index in [1.807, 2.05) is 6.92 Å². The number of ether oxygens (including phenoxy) is 1. The molecule has 5 heteroatoms. The number of hydrogen-bond acceptors (Lipinski definition) is 5. The highest BCUT2D eigenvalue weighted by Crippen LogP contribution is 2.33. The lowest BCUT2D eigenvalue weighted by Gasteiger charge is -2.17. The number of nitrogens with zero attached hydrogens (tertiary/aromatic N) is 1. The number of rotatable bonds is 8.